The number of hydrogen-bond donors (Lipinski definition) is 0. The summed E-state index contributed by atoms with van der Waals surface area (Å²) < 4.78 is 31.3. The highest BCUT2D eigenvalue weighted by molar-refractivity contribution is 7.89. The van der Waals surface area contributed by atoms with Crippen molar-refractivity contribution in [1.29, 1.82) is 0 Å². The molecule has 0 aliphatic carbocycles. The first-order valence-corrected chi connectivity index (χ1v) is 7.33. The van der Waals surface area contributed by atoms with Gasteiger partial charge < -0.3 is 4.74 Å². The lowest BCUT2D eigenvalue weighted by Crippen LogP contribution is -2.30. The van der Waals surface area contributed by atoms with Gasteiger partial charge in [-0.1, -0.05) is 11.6 Å². The zero-order valence-electron chi connectivity index (χ0n) is 11.0. The van der Waals surface area contributed by atoms with Gasteiger partial charge in [-0.2, -0.15) is 9.40 Å². The van der Waals surface area contributed by atoms with E-state index in [9.17, 15) is 13.2 Å². The summed E-state index contributed by atoms with van der Waals surface area (Å²) >= 11 is 5.82. The molecule has 108 valence electrons. The first-order chi connectivity index (χ1) is 8.80. The highest BCUT2D eigenvalue weighted by Gasteiger charge is 2.27. The molecule has 0 aliphatic rings. The van der Waals surface area contributed by atoms with E-state index in [1.165, 1.54) is 32.1 Å². The Labute approximate surface area is 117 Å². The van der Waals surface area contributed by atoms with E-state index in [1.54, 1.807) is 0 Å². The molecule has 0 fully saturated rings. The van der Waals surface area contributed by atoms with E-state index in [2.05, 4.69) is 9.84 Å². The van der Waals surface area contributed by atoms with Gasteiger partial charge in [-0.05, 0) is 6.42 Å². The van der Waals surface area contributed by atoms with Gasteiger partial charge in [0, 0.05) is 27.1 Å². The van der Waals surface area contributed by atoms with Crippen molar-refractivity contribution in [3.05, 3.63) is 11.2 Å². The monoisotopic (exact) mass is 309 g/mol. The Bertz CT molecular complexity index is 536. The van der Waals surface area contributed by atoms with Crippen LogP contribution >= 0.6 is 11.6 Å². The lowest BCUT2D eigenvalue weighted by molar-refractivity contribution is -0.140. The molecule has 1 aromatic rings. The fraction of sp³-hybridized carbons (Fsp3) is 0.600. The number of carbonyl (C=O) groups is 1. The average Bonchev–Trinajstić information content (AvgIpc) is 2.68. The predicted molar refractivity (Wildman–Crippen MR) is 69.3 cm³/mol. The van der Waals surface area contributed by atoms with Crippen LogP contribution in [-0.2, 0) is 26.6 Å². The van der Waals surface area contributed by atoms with Crippen molar-refractivity contribution >= 4 is 27.6 Å². The summed E-state index contributed by atoms with van der Waals surface area (Å²) in [6.07, 6.45) is 1.81. The average molecular weight is 310 g/mol. The second-order valence-corrected chi connectivity index (χ2v) is 6.29. The molecule has 1 heterocycles. The summed E-state index contributed by atoms with van der Waals surface area (Å²) in [5.41, 5.74) is 0. The molecule has 0 radical (unpaired) electrons. The zero-order valence-corrected chi connectivity index (χ0v) is 12.5. The van der Waals surface area contributed by atoms with Gasteiger partial charge in [0.05, 0.1) is 18.3 Å². The van der Waals surface area contributed by atoms with Crippen LogP contribution < -0.4 is 0 Å². The Kier molecular flexibility index (Phi) is 5.33. The van der Waals surface area contributed by atoms with Gasteiger partial charge in [-0.15, -0.1) is 0 Å². The van der Waals surface area contributed by atoms with Crippen LogP contribution in [-0.4, -0.2) is 49.2 Å². The van der Waals surface area contributed by atoms with Crippen LogP contribution in [0.1, 0.15) is 12.8 Å². The van der Waals surface area contributed by atoms with E-state index in [-0.39, 0.29) is 29.0 Å². The molecule has 7 nitrogen and oxygen atoms in total. The number of sulfonamides is 1. The lowest BCUT2D eigenvalue weighted by atomic mass is 10.3. The van der Waals surface area contributed by atoms with Gasteiger partial charge in [0.2, 0.25) is 0 Å². The minimum absolute atomic E-state index is 0.0604. The fourth-order valence-electron chi connectivity index (χ4n) is 1.51. The maximum Gasteiger partial charge on any atom is 0.305 e. The molecule has 0 saturated carbocycles. The van der Waals surface area contributed by atoms with Crippen molar-refractivity contribution in [2.45, 2.75) is 17.9 Å². The Morgan fingerprint density at radius 2 is 2.21 bits per heavy atom. The number of ether oxygens (including phenoxy) is 1. The standard InChI is InChI=1S/C10H16ClN3O4S/c1-13(6-4-5-9(15)18-3)19(16,17)10-8(11)7-12-14(10)2/h7H,4-6H2,1-3H3. The molecule has 0 aliphatic heterocycles. The van der Waals surface area contributed by atoms with E-state index in [4.69, 9.17) is 11.6 Å². The van der Waals surface area contributed by atoms with Gasteiger partial charge in [0.15, 0.2) is 5.03 Å². The Balaban J connectivity index is 2.76. The normalized spacial score (nSPS) is 11.8. The van der Waals surface area contributed by atoms with Gasteiger partial charge in [-0.25, -0.2) is 8.42 Å². The molecule has 0 N–H and O–H groups in total. The molecule has 1 rings (SSSR count). The summed E-state index contributed by atoms with van der Waals surface area (Å²) in [5, 5.41) is 3.80. The van der Waals surface area contributed by atoms with E-state index < -0.39 is 10.0 Å². The molecule has 0 amide bonds. The summed E-state index contributed by atoms with van der Waals surface area (Å²) in [6.45, 7) is 0.193. The van der Waals surface area contributed by atoms with E-state index in [0.717, 1.165) is 4.31 Å². The van der Waals surface area contributed by atoms with E-state index in [0.29, 0.717) is 6.42 Å². The van der Waals surface area contributed by atoms with Crippen molar-refractivity contribution in [1.82, 2.24) is 14.1 Å². The summed E-state index contributed by atoms with van der Waals surface area (Å²) in [4.78, 5) is 11.0. The summed E-state index contributed by atoms with van der Waals surface area (Å²) in [6, 6.07) is 0. The number of esters is 1. The number of hydrogen-bond acceptors (Lipinski definition) is 5. The molecule has 0 atom stereocenters. The number of aromatic nitrogens is 2. The SMILES string of the molecule is COC(=O)CCCN(C)S(=O)(=O)c1c(Cl)cnn1C. The van der Waals surface area contributed by atoms with Gasteiger partial charge >= 0.3 is 5.97 Å². The third kappa shape index (κ3) is 3.68. The largest absolute Gasteiger partial charge is 0.469 e. The third-order valence-corrected chi connectivity index (χ3v) is 4.94. The number of nitrogens with zero attached hydrogens (tertiary/aromatic N) is 3. The predicted octanol–water partition coefficient (Wildman–Crippen LogP) is 0.647. The molecular formula is C10H16ClN3O4S. The van der Waals surface area contributed by atoms with Crippen LogP contribution in [0.2, 0.25) is 5.02 Å². The van der Waals surface area contributed by atoms with Crippen LogP contribution in [0.25, 0.3) is 0 Å². The van der Waals surface area contributed by atoms with Crippen molar-refractivity contribution in [3.8, 4) is 0 Å². The number of halogens is 1. The van der Waals surface area contributed by atoms with E-state index in [1.807, 2.05) is 0 Å². The van der Waals surface area contributed by atoms with Crippen molar-refractivity contribution in [2.24, 2.45) is 7.05 Å². The van der Waals surface area contributed by atoms with Crippen LogP contribution in [0.15, 0.2) is 11.2 Å². The van der Waals surface area contributed by atoms with Crippen molar-refractivity contribution in [2.75, 3.05) is 20.7 Å². The Morgan fingerprint density at radius 3 is 2.68 bits per heavy atom. The smallest absolute Gasteiger partial charge is 0.305 e. The quantitative estimate of drug-likeness (QED) is 0.721. The number of methoxy groups -OCH3 is 1. The molecule has 0 unspecified atom stereocenters. The van der Waals surface area contributed by atoms with Crippen LogP contribution in [0.4, 0.5) is 0 Å². The molecular weight excluding hydrogens is 294 g/mol. The number of carbonyl (C=O) groups excluding carboxylic acids is 1. The topological polar surface area (TPSA) is 81.5 Å². The number of rotatable bonds is 6. The molecule has 9 heteroatoms. The maximum absolute atomic E-state index is 12.2. The van der Waals surface area contributed by atoms with Gasteiger partial charge in [0.25, 0.3) is 10.0 Å². The molecule has 0 saturated heterocycles. The molecule has 0 spiro atoms. The van der Waals surface area contributed by atoms with Crippen LogP contribution in [0.3, 0.4) is 0 Å². The van der Waals surface area contributed by atoms with Gasteiger partial charge in [0.1, 0.15) is 0 Å². The van der Waals surface area contributed by atoms with Crippen molar-refractivity contribution in [3.63, 3.8) is 0 Å². The molecule has 0 bridgehead atoms. The van der Waals surface area contributed by atoms with Gasteiger partial charge in [-0.3, -0.25) is 9.48 Å². The Morgan fingerprint density at radius 1 is 1.58 bits per heavy atom. The number of aryl methyl sites for hydroxylation is 1. The highest BCUT2D eigenvalue weighted by atomic mass is 35.5. The van der Waals surface area contributed by atoms with Crippen molar-refractivity contribution < 1.29 is 17.9 Å². The van der Waals surface area contributed by atoms with E-state index >= 15 is 0 Å². The zero-order chi connectivity index (χ0) is 14.6. The maximum atomic E-state index is 12.2. The molecule has 19 heavy (non-hydrogen) atoms. The summed E-state index contributed by atoms with van der Waals surface area (Å²) in [5.74, 6) is -0.371. The Hall–Kier alpha value is -1.12. The lowest BCUT2D eigenvalue weighted by Gasteiger charge is -2.17. The highest BCUT2D eigenvalue weighted by Crippen LogP contribution is 2.22. The second kappa shape index (κ2) is 6.36. The minimum Gasteiger partial charge on any atom is -0.469 e. The van der Waals surface area contributed by atoms with Crippen LogP contribution in [0.5, 0.6) is 0 Å². The first kappa shape index (κ1) is 15.9. The molecule has 0 aromatic carbocycles. The van der Waals surface area contributed by atoms with Crippen LogP contribution in [0, 0.1) is 0 Å². The fourth-order valence-corrected chi connectivity index (χ4v) is 3.31. The molecule has 1 aromatic heterocycles. The minimum atomic E-state index is -3.71. The third-order valence-electron chi connectivity index (χ3n) is 2.58. The second-order valence-electron chi connectivity index (χ2n) is 3.93. The first-order valence-electron chi connectivity index (χ1n) is 5.51. The summed E-state index contributed by atoms with van der Waals surface area (Å²) in [7, 11) is 0.506.